The molecule has 1 aliphatic heterocycles. The average molecular weight is 416 g/mol. The van der Waals surface area contributed by atoms with E-state index in [0.717, 1.165) is 46.9 Å². The standard InChI is InChI=1S/C19H18BrN3OS/c1-13-5-4-8-16-17(13)21-19(25-16)23-11-9-22(10-12-23)18(24)14-6-2-3-7-15(14)20/h2-8H,9-12H2,1H3. The number of rotatable bonds is 2. The van der Waals surface area contributed by atoms with Gasteiger partial charge in [0.15, 0.2) is 5.13 Å². The molecule has 0 spiro atoms. The minimum absolute atomic E-state index is 0.0901. The van der Waals surface area contributed by atoms with Crippen LogP contribution in [0.2, 0.25) is 0 Å². The van der Waals surface area contributed by atoms with E-state index in [9.17, 15) is 4.79 Å². The number of thiazole rings is 1. The normalized spacial score (nSPS) is 15.0. The molecule has 4 nitrogen and oxygen atoms in total. The monoisotopic (exact) mass is 415 g/mol. The van der Waals surface area contributed by atoms with Gasteiger partial charge in [0.2, 0.25) is 0 Å². The molecule has 6 heteroatoms. The number of piperazine rings is 1. The number of para-hydroxylation sites is 1. The number of benzene rings is 2. The zero-order valence-electron chi connectivity index (χ0n) is 13.9. The van der Waals surface area contributed by atoms with Crippen molar-refractivity contribution in [2.45, 2.75) is 6.92 Å². The van der Waals surface area contributed by atoms with Gasteiger partial charge < -0.3 is 9.80 Å². The van der Waals surface area contributed by atoms with E-state index in [-0.39, 0.29) is 5.91 Å². The van der Waals surface area contributed by atoms with Crippen molar-refractivity contribution in [3.05, 3.63) is 58.1 Å². The van der Waals surface area contributed by atoms with Crippen LogP contribution >= 0.6 is 27.3 Å². The molecule has 0 saturated carbocycles. The molecule has 2 aromatic carbocycles. The lowest BCUT2D eigenvalue weighted by Gasteiger charge is -2.34. The minimum Gasteiger partial charge on any atom is -0.345 e. The van der Waals surface area contributed by atoms with Gasteiger partial charge in [0.25, 0.3) is 5.91 Å². The molecule has 2 heterocycles. The topological polar surface area (TPSA) is 36.4 Å². The molecular weight excluding hydrogens is 398 g/mol. The number of hydrogen-bond acceptors (Lipinski definition) is 4. The van der Waals surface area contributed by atoms with Gasteiger partial charge in [-0.2, -0.15) is 0 Å². The van der Waals surface area contributed by atoms with Gasteiger partial charge in [-0.15, -0.1) is 0 Å². The lowest BCUT2D eigenvalue weighted by molar-refractivity contribution is 0.0746. The summed E-state index contributed by atoms with van der Waals surface area (Å²) < 4.78 is 2.07. The number of carbonyl (C=O) groups is 1. The Labute approximate surface area is 159 Å². The third-order valence-electron chi connectivity index (χ3n) is 4.55. The van der Waals surface area contributed by atoms with Crippen molar-refractivity contribution in [1.29, 1.82) is 0 Å². The maximum atomic E-state index is 12.7. The van der Waals surface area contributed by atoms with Crippen LogP contribution in [0.1, 0.15) is 15.9 Å². The maximum Gasteiger partial charge on any atom is 0.255 e. The molecule has 0 bridgehead atoms. The van der Waals surface area contributed by atoms with Crippen molar-refractivity contribution in [2.24, 2.45) is 0 Å². The molecule has 0 unspecified atom stereocenters. The Bertz CT molecular complexity index is 931. The number of hydrogen-bond donors (Lipinski definition) is 0. The van der Waals surface area contributed by atoms with Gasteiger partial charge >= 0.3 is 0 Å². The van der Waals surface area contributed by atoms with E-state index >= 15 is 0 Å². The van der Waals surface area contributed by atoms with Crippen LogP contribution in [0.3, 0.4) is 0 Å². The van der Waals surface area contributed by atoms with Gasteiger partial charge in [-0.25, -0.2) is 4.98 Å². The Morgan fingerprint density at radius 3 is 2.56 bits per heavy atom. The van der Waals surface area contributed by atoms with Gasteiger partial charge in [0, 0.05) is 30.7 Å². The Kier molecular flexibility index (Phi) is 4.48. The van der Waals surface area contributed by atoms with Crippen molar-refractivity contribution in [3.63, 3.8) is 0 Å². The van der Waals surface area contributed by atoms with E-state index in [1.54, 1.807) is 11.3 Å². The zero-order valence-corrected chi connectivity index (χ0v) is 16.3. The smallest absolute Gasteiger partial charge is 0.255 e. The fourth-order valence-electron chi connectivity index (χ4n) is 3.12. The lowest BCUT2D eigenvalue weighted by Crippen LogP contribution is -2.48. The van der Waals surface area contributed by atoms with Gasteiger partial charge in [-0.3, -0.25) is 4.79 Å². The largest absolute Gasteiger partial charge is 0.345 e. The Balaban J connectivity index is 1.48. The summed E-state index contributed by atoms with van der Waals surface area (Å²) in [5, 5.41) is 1.05. The number of fused-ring (bicyclic) bond motifs is 1. The molecule has 1 amide bonds. The molecule has 0 aliphatic carbocycles. The number of anilines is 1. The van der Waals surface area contributed by atoms with Gasteiger partial charge in [-0.05, 0) is 46.6 Å². The summed E-state index contributed by atoms with van der Waals surface area (Å²) in [6.07, 6.45) is 0. The van der Waals surface area contributed by atoms with Crippen LogP contribution < -0.4 is 4.90 Å². The third-order valence-corrected chi connectivity index (χ3v) is 6.32. The van der Waals surface area contributed by atoms with Crippen LogP contribution in [0.5, 0.6) is 0 Å². The number of amides is 1. The van der Waals surface area contributed by atoms with E-state index in [4.69, 9.17) is 4.98 Å². The summed E-state index contributed by atoms with van der Waals surface area (Å²) in [7, 11) is 0. The summed E-state index contributed by atoms with van der Waals surface area (Å²) in [6, 6.07) is 13.9. The van der Waals surface area contributed by atoms with E-state index in [2.05, 4.69) is 46.0 Å². The van der Waals surface area contributed by atoms with Crippen LogP contribution in [-0.2, 0) is 0 Å². The van der Waals surface area contributed by atoms with Gasteiger partial charge in [0.1, 0.15) is 0 Å². The van der Waals surface area contributed by atoms with Gasteiger partial charge in [0.05, 0.1) is 15.8 Å². The molecule has 0 atom stereocenters. The van der Waals surface area contributed by atoms with Crippen LogP contribution in [0.4, 0.5) is 5.13 Å². The predicted molar refractivity (Wildman–Crippen MR) is 107 cm³/mol. The number of aromatic nitrogens is 1. The van der Waals surface area contributed by atoms with Crippen molar-refractivity contribution >= 4 is 48.5 Å². The summed E-state index contributed by atoms with van der Waals surface area (Å²) in [5.41, 5.74) is 3.03. The quantitative estimate of drug-likeness (QED) is 0.624. The molecule has 1 fully saturated rings. The lowest BCUT2D eigenvalue weighted by atomic mass is 10.2. The molecule has 3 aromatic rings. The Morgan fingerprint density at radius 1 is 1.08 bits per heavy atom. The number of aryl methyl sites for hydroxylation is 1. The maximum absolute atomic E-state index is 12.7. The molecule has 1 aromatic heterocycles. The first-order valence-electron chi connectivity index (χ1n) is 8.28. The first-order chi connectivity index (χ1) is 12.1. The van der Waals surface area contributed by atoms with Crippen molar-refractivity contribution in [3.8, 4) is 0 Å². The highest BCUT2D eigenvalue weighted by Gasteiger charge is 2.25. The van der Waals surface area contributed by atoms with Crippen molar-refractivity contribution in [1.82, 2.24) is 9.88 Å². The van der Waals surface area contributed by atoms with Gasteiger partial charge in [-0.1, -0.05) is 35.6 Å². The molecule has 25 heavy (non-hydrogen) atoms. The number of nitrogens with zero attached hydrogens (tertiary/aromatic N) is 3. The third kappa shape index (κ3) is 3.16. The van der Waals surface area contributed by atoms with E-state index in [1.165, 1.54) is 10.3 Å². The van der Waals surface area contributed by atoms with E-state index in [1.807, 2.05) is 29.2 Å². The van der Waals surface area contributed by atoms with Crippen molar-refractivity contribution < 1.29 is 4.79 Å². The highest BCUT2D eigenvalue weighted by atomic mass is 79.9. The molecule has 1 saturated heterocycles. The number of halogens is 1. The first-order valence-corrected chi connectivity index (χ1v) is 9.89. The van der Waals surface area contributed by atoms with Crippen LogP contribution in [0.25, 0.3) is 10.2 Å². The molecular formula is C19H18BrN3OS. The van der Waals surface area contributed by atoms with Crippen LogP contribution in [0.15, 0.2) is 46.9 Å². The minimum atomic E-state index is 0.0901. The number of carbonyl (C=O) groups excluding carboxylic acids is 1. The average Bonchev–Trinajstić information content (AvgIpc) is 3.07. The highest BCUT2D eigenvalue weighted by Crippen LogP contribution is 2.31. The second-order valence-electron chi connectivity index (χ2n) is 6.18. The molecule has 0 N–H and O–H groups in total. The Morgan fingerprint density at radius 2 is 1.84 bits per heavy atom. The predicted octanol–water partition coefficient (Wildman–Crippen LogP) is 4.33. The summed E-state index contributed by atoms with van der Waals surface area (Å²) in [5.74, 6) is 0.0901. The molecule has 128 valence electrons. The van der Waals surface area contributed by atoms with E-state index < -0.39 is 0 Å². The molecule has 0 radical (unpaired) electrons. The molecule has 1 aliphatic rings. The molecule has 4 rings (SSSR count). The van der Waals surface area contributed by atoms with Crippen LogP contribution in [0, 0.1) is 6.92 Å². The summed E-state index contributed by atoms with van der Waals surface area (Å²) in [6.45, 7) is 5.16. The Hall–Kier alpha value is -1.92. The fraction of sp³-hybridized carbons (Fsp3) is 0.263. The van der Waals surface area contributed by atoms with E-state index in [0.29, 0.717) is 0 Å². The first kappa shape index (κ1) is 16.5. The highest BCUT2D eigenvalue weighted by molar-refractivity contribution is 9.10. The van der Waals surface area contributed by atoms with Crippen molar-refractivity contribution in [2.75, 3.05) is 31.1 Å². The summed E-state index contributed by atoms with van der Waals surface area (Å²) >= 11 is 5.20. The second kappa shape index (κ2) is 6.77. The zero-order chi connectivity index (χ0) is 17.4. The fourth-order valence-corrected chi connectivity index (χ4v) is 4.67. The SMILES string of the molecule is Cc1cccc2sc(N3CCN(C(=O)c4ccccc4Br)CC3)nc12. The summed E-state index contributed by atoms with van der Waals surface area (Å²) in [4.78, 5) is 21.7. The van der Waals surface area contributed by atoms with Crippen LogP contribution in [-0.4, -0.2) is 42.0 Å². The second-order valence-corrected chi connectivity index (χ2v) is 8.04.